The molecule has 1 aromatic carbocycles. The second-order valence-corrected chi connectivity index (χ2v) is 11.8. The number of hydrogen-bond donors (Lipinski definition) is 1. The zero-order chi connectivity index (χ0) is 30.2. The number of carboxylic acids is 1. The van der Waals surface area contributed by atoms with Gasteiger partial charge in [-0.1, -0.05) is 43.6 Å². The molecule has 2 heterocycles. The number of thiazole rings is 1. The second-order valence-electron chi connectivity index (χ2n) is 10.5. The standard InChI is InChI=1S/C35H35N3O4S/c1-3-11-25(12-6-5-9-21-39)33-32(43-24(2)36-33)23-42-29-16-10-13-26(17-19-29)34-37-30-22-27(35(40)41)18-20-31(30)38(34)28-14-7-4-8-15-28/h3,5-6,9-11,16-22,28H,4,7-8,13-15,23H2,1-2H3,(H,40,41)/b9-5+,11-3-. The number of carbonyl (C=O) groups is 2. The summed E-state index contributed by atoms with van der Waals surface area (Å²) in [5.41, 5.74) is 7.86. The lowest BCUT2D eigenvalue weighted by molar-refractivity contribution is -0.104. The van der Waals surface area contributed by atoms with E-state index in [1.807, 2.05) is 44.2 Å². The number of aromatic nitrogens is 3. The fraction of sp³-hybridized carbons (Fsp3) is 0.286. The third-order valence-corrected chi connectivity index (χ3v) is 8.46. The van der Waals surface area contributed by atoms with Crippen molar-refractivity contribution in [3.05, 3.63) is 111 Å². The Bertz CT molecular complexity index is 1740. The lowest BCUT2D eigenvalue weighted by Gasteiger charge is -2.26. The molecule has 1 fully saturated rings. The molecule has 0 spiro atoms. The highest BCUT2D eigenvalue weighted by atomic mass is 32.1. The van der Waals surface area contributed by atoms with Gasteiger partial charge in [0, 0.05) is 11.6 Å². The molecule has 0 aliphatic heterocycles. The minimum absolute atomic E-state index is 0.246. The van der Waals surface area contributed by atoms with E-state index < -0.39 is 5.97 Å². The van der Waals surface area contributed by atoms with Crippen molar-refractivity contribution in [3.63, 3.8) is 0 Å². The topological polar surface area (TPSA) is 94.3 Å². The lowest BCUT2D eigenvalue weighted by atomic mass is 9.94. The predicted molar refractivity (Wildman–Crippen MR) is 172 cm³/mol. The SMILES string of the molecule is C/C=C\C(=C=C/C=C/C=O)c1nc(C)sc1COC1=CC=C(c2nc3cc(C(=O)O)ccc3n2C2CCCCC2)CC=C1. The molecule has 3 aromatic rings. The number of carboxylic acid groups (broad SMARTS) is 1. The van der Waals surface area contributed by atoms with Crippen molar-refractivity contribution in [2.24, 2.45) is 0 Å². The van der Waals surface area contributed by atoms with Crippen LogP contribution in [0.3, 0.4) is 0 Å². The number of hydrogen-bond acceptors (Lipinski definition) is 6. The maximum absolute atomic E-state index is 11.6. The van der Waals surface area contributed by atoms with Gasteiger partial charge < -0.3 is 14.4 Å². The molecular formula is C35H35N3O4S. The molecule has 43 heavy (non-hydrogen) atoms. The number of imidazole rings is 1. The lowest BCUT2D eigenvalue weighted by Crippen LogP contribution is -2.15. The van der Waals surface area contributed by atoms with Gasteiger partial charge in [-0.05, 0) is 87.3 Å². The first-order chi connectivity index (χ1) is 21.0. The van der Waals surface area contributed by atoms with E-state index in [1.54, 1.807) is 35.6 Å². The van der Waals surface area contributed by atoms with Gasteiger partial charge in [-0.25, -0.2) is 14.8 Å². The summed E-state index contributed by atoms with van der Waals surface area (Å²) in [6.45, 7) is 4.27. The minimum Gasteiger partial charge on any atom is -0.488 e. The summed E-state index contributed by atoms with van der Waals surface area (Å²) in [6.07, 6.45) is 24.0. The molecule has 1 saturated carbocycles. The van der Waals surface area contributed by atoms with Gasteiger partial charge in [-0.15, -0.1) is 17.1 Å². The van der Waals surface area contributed by atoms with E-state index >= 15 is 0 Å². The summed E-state index contributed by atoms with van der Waals surface area (Å²) in [4.78, 5) is 32.9. The summed E-state index contributed by atoms with van der Waals surface area (Å²) in [5, 5.41) is 10.5. The Hall–Kier alpha value is -4.52. The number of aromatic carboxylic acids is 1. The summed E-state index contributed by atoms with van der Waals surface area (Å²) >= 11 is 1.59. The van der Waals surface area contributed by atoms with Gasteiger partial charge in [-0.2, -0.15) is 0 Å². The summed E-state index contributed by atoms with van der Waals surface area (Å²) in [5.74, 6) is 0.681. The molecule has 0 amide bonds. The van der Waals surface area contributed by atoms with E-state index in [9.17, 15) is 14.7 Å². The van der Waals surface area contributed by atoms with E-state index in [4.69, 9.17) is 14.7 Å². The highest BCUT2D eigenvalue weighted by molar-refractivity contribution is 7.11. The molecule has 2 aliphatic carbocycles. The molecule has 2 aromatic heterocycles. The molecule has 0 unspecified atom stereocenters. The van der Waals surface area contributed by atoms with Crippen LogP contribution in [0.25, 0.3) is 22.2 Å². The summed E-state index contributed by atoms with van der Waals surface area (Å²) in [7, 11) is 0. The van der Waals surface area contributed by atoms with Gasteiger partial charge in [-0.3, -0.25) is 4.79 Å². The number of fused-ring (bicyclic) bond motifs is 1. The molecule has 0 atom stereocenters. The maximum atomic E-state index is 11.6. The first-order valence-corrected chi connectivity index (χ1v) is 15.4. The van der Waals surface area contributed by atoms with Crippen molar-refractivity contribution >= 4 is 45.8 Å². The number of aryl methyl sites for hydroxylation is 1. The molecular weight excluding hydrogens is 558 g/mol. The fourth-order valence-electron chi connectivity index (χ4n) is 5.56. The smallest absolute Gasteiger partial charge is 0.335 e. The third-order valence-electron chi connectivity index (χ3n) is 7.52. The zero-order valence-corrected chi connectivity index (χ0v) is 25.3. The van der Waals surface area contributed by atoms with Gasteiger partial charge in [0.1, 0.15) is 24.5 Å². The molecule has 8 heteroatoms. The van der Waals surface area contributed by atoms with Gasteiger partial charge in [0.25, 0.3) is 0 Å². The van der Waals surface area contributed by atoms with E-state index in [2.05, 4.69) is 22.5 Å². The van der Waals surface area contributed by atoms with Crippen LogP contribution >= 0.6 is 11.3 Å². The van der Waals surface area contributed by atoms with Gasteiger partial charge in [0.05, 0.1) is 32.2 Å². The van der Waals surface area contributed by atoms with Crippen LogP contribution < -0.4 is 0 Å². The molecule has 1 N–H and O–H groups in total. The van der Waals surface area contributed by atoms with Crippen LogP contribution in [-0.4, -0.2) is 31.9 Å². The Morgan fingerprint density at radius 3 is 2.79 bits per heavy atom. The largest absolute Gasteiger partial charge is 0.488 e. The maximum Gasteiger partial charge on any atom is 0.335 e. The Morgan fingerprint density at radius 1 is 1.19 bits per heavy atom. The Kier molecular flexibility index (Phi) is 9.82. The normalized spacial score (nSPS) is 15.8. The number of allylic oxidation sites excluding steroid dienone is 10. The number of aldehydes is 1. The first kappa shape index (κ1) is 30.0. The van der Waals surface area contributed by atoms with Crippen molar-refractivity contribution in [1.29, 1.82) is 0 Å². The number of carbonyl (C=O) groups excluding carboxylic acids is 1. The van der Waals surface area contributed by atoms with Crippen LogP contribution in [0.4, 0.5) is 0 Å². The van der Waals surface area contributed by atoms with E-state index in [0.717, 1.165) is 63.0 Å². The van der Waals surface area contributed by atoms with Gasteiger partial charge >= 0.3 is 5.97 Å². The van der Waals surface area contributed by atoms with Crippen molar-refractivity contribution < 1.29 is 19.4 Å². The van der Waals surface area contributed by atoms with Crippen LogP contribution in [-0.2, 0) is 16.1 Å². The van der Waals surface area contributed by atoms with Gasteiger partial charge in [0.2, 0.25) is 0 Å². The third kappa shape index (κ3) is 7.11. The van der Waals surface area contributed by atoms with E-state index in [1.165, 1.54) is 25.3 Å². The summed E-state index contributed by atoms with van der Waals surface area (Å²) in [6, 6.07) is 5.59. The van der Waals surface area contributed by atoms with E-state index in [0.29, 0.717) is 24.6 Å². The Morgan fingerprint density at radius 2 is 2.02 bits per heavy atom. The number of rotatable bonds is 10. The monoisotopic (exact) mass is 593 g/mol. The highest BCUT2D eigenvalue weighted by Gasteiger charge is 2.24. The predicted octanol–water partition coefficient (Wildman–Crippen LogP) is 8.32. The van der Waals surface area contributed by atoms with Crippen LogP contribution in [0.1, 0.15) is 83.3 Å². The quantitative estimate of drug-likeness (QED) is 0.110. The fourth-order valence-corrected chi connectivity index (χ4v) is 6.43. The molecule has 0 bridgehead atoms. The van der Waals surface area contributed by atoms with Gasteiger partial charge in [0.15, 0.2) is 0 Å². The average molecular weight is 594 g/mol. The van der Waals surface area contributed by atoms with Crippen LogP contribution in [0.2, 0.25) is 0 Å². The molecule has 0 saturated heterocycles. The Balaban J connectivity index is 1.43. The van der Waals surface area contributed by atoms with E-state index in [-0.39, 0.29) is 5.56 Å². The molecule has 220 valence electrons. The van der Waals surface area contributed by atoms with Crippen molar-refractivity contribution in [2.45, 2.75) is 65.0 Å². The molecule has 7 nitrogen and oxygen atoms in total. The van der Waals surface area contributed by atoms with Crippen LogP contribution in [0.5, 0.6) is 0 Å². The van der Waals surface area contributed by atoms with Crippen molar-refractivity contribution in [1.82, 2.24) is 14.5 Å². The number of benzene rings is 1. The molecule has 5 rings (SSSR count). The Labute approximate surface area is 255 Å². The first-order valence-electron chi connectivity index (χ1n) is 14.6. The van der Waals surface area contributed by atoms with Crippen LogP contribution in [0.15, 0.2) is 84.4 Å². The average Bonchev–Trinajstić information content (AvgIpc) is 3.49. The minimum atomic E-state index is -0.949. The second kappa shape index (κ2) is 14.1. The highest BCUT2D eigenvalue weighted by Crippen LogP contribution is 2.36. The number of nitrogens with zero attached hydrogens (tertiary/aromatic N) is 3. The summed E-state index contributed by atoms with van der Waals surface area (Å²) < 4.78 is 8.61. The molecule has 0 radical (unpaired) electrons. The van der Waals surface area contributed by atoms with Crippen molar-refractivity contribution in [2.75, 3.05) is 0 Å². The number of ether oxygens (including phenoxy) is 1. The molecule has 2 aliphatic rings. The zero-order valence-electron chi connectivity index (χ0n) is 24.5. The van der Waals surface area contributed by atoms with Crippen LogP contribution in [0, 0.1) is 6.92 Å². The van der Waals surface area contributed by atoms with Crippen molar-refractivity contribution in [3.8, 4) is 0 Å².